The third-order valence-electron chi connectivity index (χ3n) is 2.13. The van der Waals surface area contributed by atoms with E-state index in [-0.39, 0.29) is 4.83 Å². The minimum Gasteiger partial charge on any atom is -0.121 e. The predicted octanol–water partition coefficient (Wildman–Crippen LogP) is 7.28. The van der Waals surface area contributed by atoms with Gasteiger partial charge in [0.25, 0.3) is 0 Å². The number of halogens is 5. The first kappa shape index (κ1) is 14.7. The van der Waals surface area contributed by atoms with Gasteiger partial charge in [-0.25, -0.2) is 0 Å². The zero-order valence-corrected chi connectivity index (χ0v) is 16.9. The van der Waals surface area contributed by atoms with Crippen LogP contribution in [0.4, 0.5) is 0 Å². The number of alkyl halides is 1. The van der Waals surface area contributed by atoms with Gasteiger partial charge < -0.3 is 0 Å². The number of rotatable bonds is 2. The summed E-state index contributed by atoms with van der Waals surface area (Å²) in [4.78, 5) is 0.174. The summed E-state index contributed by atoms with van der Waals surface area (Å²) in [5.41, 5.74) is 2.43. The molecule has 17 heavy (non-hydrogen) atoms. The van der Waals surface area contributed by atoms with Crippen molar-refractivity contribution in [2.45, 2.75) is 4.83 Å². The second kappa shape index (κ2) is 6.18. The van der Waals surface area contributed by atoms with Crippen LogP contribution in [0.15, 0.2) is 40.8 Å². The summed E-state index contributed by atoms with van der Waals surface area (Å²) in [5.74, 6) is 0. The molecule has 2 aromatic rings. The normalized spacial score (nSPS) is 12.8. The largest absolute Gasteiger partial charge is 0.121 e. The Morgan fingerprint density at radius 1 is 0.882 bits per heavy atom. The van der Waals surface area contributed by atoms with Crippen molar-refractivity contribution >= 4 is 91.0 Å². The first-order chi connectivity index (χ1) is 7.97. The van der Waals surface area contributed by atoms with Crippen molar-refractivity contribution in [1.82, 2.24) is 0 Å². The van der Waals surface area contributed by atoms with Crippen LogP contribution in [0.1, 0.15) is 16.0 Å². The van der Waals surface area contributed by atoms with Crippen LogP contribution in [0.2, 0.25) is 0 Å². The maximum absolute atomic E-state index is 3.74. The predicted molar refractivity (Wildman–Crippen MR) is 92.3 cm³/mol. The van der Waals surface area contributed by atoms with Gasteiger partial charge in [-0.15, -0.1) is 11.3 Å². The fourth-order valence-electron chi connectivity index (χ4n) is 1.43. The lowest BCUT2D eigenvalue weighted by atomic mass is 10.1. The van der Waals surface area contributed by atoms with Crippen LogP contribution in [0.5, 0.6) is 0 Å². The van der Waals surface area contributed by atoms with E-state index in [2.05, 4.69) is 97.8 Å². The molecule has 0 N–H and O–H groups in total. The lowest BCUT2D eigenvalue weighted by molar-refractivity contribution is 1.18. The molecule has 0 radical (unpaired) electrons. The highest BCUT2D eigenvalue weighted by Gasteiger charge is 2.17. The molecule has 1 unspecified atom stereocenters. The van der Waals surface area contributed by atoms with E-state index in [0.29, 0.717) is 0 Å². The van der Waals surface area contributed by atoms with Crippen LogP contribution in [0, 0.1) is 0 Å². The average molecular weight is 569 g/mol. The fourth-order valence-corrected chi connectivity index (χ4v) is 6.74. The average Bonchev–Trinajstić information content (AvgIpc) is 2.55. The van der Waals surface area contributed by atoms with E-state index >= 15 is 0 Å². The van der Waals surface area contributed by atoms with E-state index in [1.165, 1.54) is 11.1 Å². The molecule has 1 aromatic heterocycles. The van der Waals surface area contributed by atoms with Crippen molar-refractivity contribution in [1.29, 1.82) is 0 Å². The molecule has 0 aliphatic rings. The summed E-state index contributed by atoms with van der Waals surface area (Å²) in [5, 5.41) is 0. The molecular formula is C11H5Br5S. The maximum atomic E-state index is 3.74. The molecule has 0 aliphatic carbocycles. The molecule has 0 nitrogen and oxygen atoms in total. The van der Waals surface area contributed by atoms with E-state index in [1.807, 2.05) is 6.07 Å². The van der Waals surface area contributed by atoms with Crippen LogP contribution < -0.4 is 0 Å². The molecule has 0 bridgehead atoms. The summed E-state index contributed by atoms with van der Waals surface area (Å²) < 4.78 is 4.40. The topological polar surface area (TPSA) is 0 Å². The summed E-state index contributed by atoms with van der Waals surface area (Å²) in [7, 11) is 0. The molecule has 1 atom stereocenters. The molecule has 90 valence electrons. The van der Waals surface area contributed by atoms with Crippen molar-refractivity contribution in [3.63, 3.8) is 0 Å². The Hall–Kier alpha value is 1.32. The molecule has 0 saturated heterocycles. The van der Waals surface area contributed by atoms with E-state index in [4.69, 9.17) is 0 Å². The molecule has 0 fully saturated rings. The fraction of sp³-hybridized carbons (Fsp3) is 0.0909. The molecule has 6 heteroatoms. The third kappa shape index (κ3) is 3.66. The Bertz CT molecular complexity index is 529. The molecule has 0 amide bonds. The minimum atomic E-state index is 0.174. The third-order valence-corrected chi connectivity index (χ3v) is 6.46. The van der Waals surface area contributed by atoms with Gasteiger partial charge in [-0.1, -0.05) is 47.8 Å². The van der Waals surface area contributed by atoms with E-state index in [1.54, 1.807) is 11.3 Å². The van der Waals surface area contributed by atoms with Crippen molar-refractivity contribution in [2.24, 2.45) is 0 Å². The highest BCUT2D eigenvalue weighted by atomic mass is 79.9. The van der Waals surface area contributed by atoms with Crippen LogP contribution in [0.25, 0.3) is 0 Å². The van der Waals surface area contributed by atoms with E-state index in [9.17, 15) is 0 Å². The van der Waals surface area contributed by atoms with Crippen LogP contribution in [-0.4, -0.2) is 0 Å². The lowest BCUT2D eigenvalue weighted by Gasteiger charge is -2.10. The molecule has 0 aliphatic heterocycles. The molecule has 0 saturated carbocycles. The van der Waals surface area contributed by atoms with Crippen molar-refractivity contribution in [3.8, 4) is 0 Å². The van der Waals surface area contributed by atoms with Gasteiger partial charge in [-0.05, 0) is 67.3 Å². The first-order valence-electron chi connectivity index (χ1n) is 4.52. The molecular weight excluding hydrogens is 564 g/mol. The van der Waals surface area contributed by atoms with Crippen LogP contribution >= 0.6 is 91.0 Å². The summed E-state index contributed by atoms with van der Waals surface area (Å²) >= 11 is 19.5. The summed E-state index contributed by atoms with van der Waals surface area (Å²) in [6, 6.07) is 8.38. The lowest BCUT2D eigenvalue weighted by Crippen LogP contribution is -1.91. The van der Waals surface area contributed by atoms with Crippen molar-refractivity contribution in [2.75, 3.05) is 0 Å². The molecule has 1 aromatic carbocycles. The first-order valence-corrected chi connectivity index (χ1v) is 9.42. The Morgan fingerprint density at radius 3 is 1.94 bits per heavy atom. The van der Waals surface area contributed by atoms with Crippen LogP contribution in [-0.2, 0) is 0 Å². The zero-order chi connectivity index (χ0) is 12.6. The summed E-state index contributed by atoms with van der Waals surface area (Å²) in [6.45, 7) is 0. The second-order valence-electron chi connectivity index (χ2n) is 3.34. The summed E-state index contributed by atoms with van der Waals surface area (Å²) in [6.07, 6.45) is 0. The molecule has 2 rings (SSSR count). The number of benzene rings is 1. The Labute approximate surface area is 146 Å². The van der Waals surface area contributed by atoms with Gasteiger partial charge in [-0.2, -0.15) is 0 Å². The SMILES string of the molecule is Brc1cc(Br)cc(C(Br)c2cc(Br)sc2Br)c1. The minimum absolute atomic E-state index is 0.174. The smallest absolute Gasteiger partial charge is 0.0757 e. The molecule has 0 spiro atoms. The van der Waals surface area contributed by atoms with Crippen molar-refractivity contribution < 1.29 is 0 Å². The van der Waals surface area contributed by atoms with Gasteiger partial charge in [0.15, 0.2) is 0 Å². The van der Waals surface area contributed by atoms with Crippen LogP contribution in [0.3, 0.4) is 0 Å². The van der Waals surface area contributed by atoms with E-state index < -0.39 is 0 Å². The van der Waals surface area contributed by atoms with Crippen molar-refractivity contribution in [3.05, 3.63) is 51.9 Å². The van der Waals surface area contributed by atoms with E-state index in [0.717, 1.165) is 16.5 Å². The second-order valence-corrected chi connectivity index (χ2v) is 9.84. The Balaban J connectivity index is 2.43. The Morgan fingerprint density at radius 2 is 1.47 bits per heavy atom. The van der Waals surface area contributed by atoms with Gasteiger partial charge in [0.2, 0.25) is 0 Å². The maximum Gasteiger partial charge on any atom is 0.0757 e. The monoisotopic (exact) mass is 564 g/mol. The standard InChI is InChI=1S/C11H5Br5S/c12-6-1-5(2-7(13)3-6)10(15)8-4-9(14)17-11(8)16/h1-4,10H. The van der Waals surface area contributed by atoms with Gasteiger partial charge >= 0.3 is 0 Å². The highest BCUT2D eigenvalue weighted by Crippen LogP contribution is 2.42. The number of thiophene rings is 1. The Kier molecular flexibility index (Phi) is 5.35. The van der Waals surface area contributed by atoms with Gasteiger partial charge in [0.1, 0.15) is 0 Å². The van der Waals surface area contributed by atoms with Gasteiger partial charge in [-0.3, -0.25) is 0 Å². The van der Waals surface area contributed by atoms with Gasteiger partial charge in [0, 0.05) is 8.95 Å². The highest BCUT2D eigenvalue weighted by molar-refractivity contribution is 9.12. The number of hydrogen-bond donors (Lipinski definition) is 0. The zero-order valence-electron chi connectivity index (χ0n) is 8.18. The molecule has 1 heterocycles. The quantitative estimate of drug-likeness (QED) is 0.334. The van der Waals surface area contributed by atoms with Gasteiger partial charge in [0.05, 0.1) is 12.4 Å². The number of hydrogen-bond acceptors (Lipinski definition) is 1.